The van der Waals surface area contributed by atoms with E-state index in [1.54, 1.807) is 6.07 Å². The predicted molar refractivity (Wildman–Crippen MR) is 122 cm³/mol. The summed E-state index contributed by atoms with van der Waals surface area (Å²) in [6.07, 6.45) is 2.54. The molecule has 2 aliphatic heterocycles. The first-order chi connectivity index (χ1) is 12.7. The highest BCUT2D eigenvalue weighted by molar-refractivity contribution is 14.0. The number of aliphatic imine (C=N–C) groups is 1. The van der Waals surface area contributed by atoms with Crippen LogP contribution in [0, 0.1) is 11.7 Å². The number of nitrogens with zero attached hydrogens (tertiary/aromatic N) is 4. The average Bonchev–Trinajstić information content (AvgIpc) is 2.66. The Hall–Kier alpha value is -1.09. The fourth-order valence-electron chi connectivity index (χ4n) is 3.93. The fraction of sp³-hybridized carbons (Fsp3) is 0.650. The number of guanidine groups is 1. The van der Waals surface area contributed by atoms with Crippen LogP contribution in [-0.4, -0.2) is 75.2 Å². The number of piperazine rings is 1. The van der Waals surface area contributed by atoms with Gasteiger partial charge in [-0.1, -0.05) is 12.1 Å². The van der Waals surface area contributed by atoms with E-state index < -0.39 is 0 Å². The van der Waals surface area contributed by atoms with E-state index in [4.69, 9.17) is 4.99 Å². The van der Waals surface area contributed by atoms with E-state index in [0.717, 1.165) is 51.8 Å². The third-order valence-corrected chi connectivity index (χ3v) is 5.33. The van der Waals surface area contributed by atoms with Gasteiger partial charge in [-0.25, -0.2) is 4.39 Å². The molecule has 1 aromatic rings. The lowest BCUT2D eigenvalue weighted by Crippen LogP contribution is -2.53. The zero-order valence-electron chi connectivity index (χ0n) is 16.5. The summed E-state index contributed by atoms with van der Waals surface area (Å²) in [4.78, 5) is 11.8. The molecule has 1 aromatic carbocycles. The lowest BCUT2D eigenvalue weighted by atomic mass is 9.99. The van der Waals surface area contributed by atoms with Crippen LogP contribution in [0.25, 0.3) is 0 Å². The number of benzene rings is 1. The Bertz CT molecular complexity index is 604. The van der Waals surface area contributed by atoms with Gasteiger partial charge in [0.25, 0.3) is 0 Å². The number of rotatable bonds is 4. The molecule has 0 spiro atoms. The van der Waals surface area contributed by atoms with Crippen LogP contribution < -0.4 is 10.2 Å². The molecular formula is C20H33FIN5. The Balaban J connectivity index is 0.00000261. The Morgan fingerprint density at radius 3 is 2.59 bits per heavy atom. The van der Waals surface area contributed by atoms with Crippen LogP contribution in [0.4, 0.5) is 10.1 Å². The first-order valence-corrected chi connectivity index (χ1v) is 9.88. The first-order valence-electron chi connectivity index (χ1n) is 9.88. The van der Waals surface area contributed by atoms with E-state index in [9.17, 15) is 4.39 Å². The molecule has 5 nitrogen and oxygen atoms in total. The second-order valence-electron chi connectivity index (χ2n) is 7.39. The summed E-state index contributed by atoms with van der Waals surface area (Å²) in [5, 5.41) is 3.44. The topological polar surface area (TPSA) is 34.1 Å². The maximum atomic E-state index is 14.0. The van der Waals surface area contributed by atoms with Crippen molar-refractivity contribution in [2.75, 3.05) is 64.3 Å². The quantitative estimate of drug-likeness (QED) is 0.401. The largest absolute Gasteiger partial charge is 0.366 e. The number of piperidine rings is 1. The van der Waals surface area contributed by atoms with Gasteiger partial charge in [0.05, 0.1) is 5.69 Å². The zero-order chi connectivity index (χ0) is 18.4. The molecule has 7 heteroatoms. The summed E-state index contributed by atoms with van der Waals surface area (Å²) in [6, 6.07) is 7.05. The third kappa shape index (κ3) is 6.20. The molecule has 1 unspecified atom stereocenters. The Kier molecular flexibility index (Phi) is 9.08. The summed E-state index contributed by atoms with van der Waals surface area (Å²) < 4.78 is 14.0. The molecule has 0 saturated carbocycles. The van der Waals surface area contributed by atoms with Crippen molar-refractivity contribution in [2.45, 2.75) is 19.8 Å². The first kappa shape index (κ1) is 22.2. The maximum absolute atomic E-state index is 14.0. The van der Waals surface area contributed by atoms with Gasteiger partial charge >= 0.3 is 0 Å². The number of halogens is 2. The molecule has 2 saturated heterocycles. The van der Waals surface area contributed by atoms with Gasteiger partial charge in [-0.05, 0) is 51.4 Å². The van der Waals surface area contributed by atoms with Crippen LogP contribution in [0.5, 0.6) is 0 Å². The van der Waals surface area contributed by atoms with Crippen molar-refractivity contribution < 1.29 is 4.39 Å². The van der Waals surface area contributed by atoms with Crippen LogP contribution in [0.15, 0.2) is 29.3 Å². The van der Waals surface area contributed by atoms with E-state index >= 15 is 0 Å². The normalized spacial score (nSPS) is 21.7. The second-order valence-corrected chi connectivity index (χ2v) is 7.39. The van der Waals surface area contributed by atoms with Gasteiger partial charge in [-0.3, -0.25) is 4.99 Å². The van der Waals surface area contributed by atoms with Gasteiger partial charge in [0.15, 0.2) is 5.96 Å². The molecule has 2 heterocycles. The van der Waals surface area contributed by atoms with E-state index in [1.165, 1.54) is 25.5 Å². The highest BCUT2D eigenvalue weighted by Gasteiger charge is 2.22. The molecule has 0 bridgehead atoms. The molecule has 0 amide bonds. The van der Waals surface area contributed by atoms with Crippen molar-refractivity contribution in [1.29, 1.82) is 0 Å². The molecular weight excluding hydrogens is 456 g/mol. The van der Waals surface area contributed by atoms with Crippen LogP contribution in [0.2, 0.25) is 0 Å². The lowest BCUT2D eigenvalue weighted by Gasteiger charge is -2.38. The number of likely N-dealkylation sites (tertiary alicyclic amines) is 1. The highest BCUT2D eigenvalue weighted by Crippen LogP contribution is 2.20. The number of hydrogen-bond acceptors (Lipinski definition) is 3. The predicted octanol–water partition coefficient (Wildman–Crippen LogP) is 2.87. The smallest absolute Gasteiger partial charge is 0.194 e. The van der Waals surface area contributed by atoms with Crippen LogP contribution >= 0.6 is 24.0 Å². The SMILES string of the molecule is CCNC(=NCC1CCCN(C)C1)N1CCN(c2ccccc2F)CC1.I. The third-order valence-electron chi connectivity index (χ3n) is 5.33. The number of hydrogen-bond donors (Lipinski definition) is 1. The number of nitrogens with one attached hydrogen (secondary N) is 1. The van der Waals surface area contributed by atoms with Crippen molar-refractivity contribution >= 4 is 35.6 Å². The Labute approximate surface area is 180 Å². The molecule has 1 N–H and O–H groups in total. The van der Waals surface area contributed by atoms with Crippen molar-refractivity contribution in [3.63, 3.8) is 0 Å². The molecule has 152 valence electrons. The van der Waals surface area contributed by atoms with Gasteiger partial charge in [-0.2, -0.15) is 0 Å². The Morgan fingerprint density at radius 2 is 1.93 bits per heavy atom. The standard InChI is InChI=1S/C20H32FN5.HI/c1-3-22-20(23-15-17-7-6-10-24(2)16-17)26-13-11-25(12-14-26)19-9-5-4-8-18(19)21;/h4-5,8-9,17H,3,6-7,10-16H2,1-2H3,(H,22,23);1H. The van der Waals surface area contributed by atoms with Crippen molar-refractivity contribution in [2.24, 2.45) is 10.9 Å². The molecule has 2 fully saturated rings. The van der Waals surface area contributed by atoms with Crippen LogP contribution in [-0.2, 0) is 0 Å². The minimum Gasteiger partial charge on any atom is -0.366 e. The van der Waals surface area contributed by atoms with E-state index in [-0.39, 0.29) is 29.8 Å². The fourth-order valence-corrected chi connectivity index (χ4v) is 3.93. The summed E-state index contributed by atoms with van der Waals surface area (Å²) in [6.45, 7) is 9.59. The zero-order valence-corrected chi connectivity index (χ0v) is 18.9. The van der Waals surface area contributed by atoms with Crippen molar-refractivity contribution in [1.82, 2.24) is 15.1 Å². The van der Waals surface area contributed by atoms with Crippen LogP contribution in [0.1, 0.15) is 19.8 Å². The molecule has 0 aromatic heterocycles. The van der Waals surface area contributed by atoms with Crippen molar-refractivity contribution in [3.05, 3.63) is 30.1 Å². The second kappa shape index (κ2) is 11.0. The number of anilines is 1. The molecule has 2 aliphatic rings. The van der Waals surface area contributed by atoms with E-state index in [2.05, 4.69) is 34.0 Å². The van der Waals surface area contributed by atoms with E-state index in [0.29, 0.717) is 11.6 Å². The van der Waals surface area contributed by atoms with Gasteiger partial charge in [0.1, 0.15) is 5.82 Å². The van der Waals surface area contributed by atoms with E-state index in [1.807, 2.05) is 12.1 Å². The minimum atomic E-state index is -0.136. The minimum absolute atomic E-state index is 0. The highest BCUT2D eigenvalue weighted by atomic mass is 127. The molecule has 0 aliphatic carbocycles. The van der Waals surface area contributed by atoms with Gasteiger partial charge in [0.2, 0.25) is 0 Å². The van der Waals surface area contributed by atoms with Gasteiger partial charge in [0, 0.05) is 45.8 Å². The summed E-state index contributed by atoms with van der Waals surface area (Å²) >= 11 is 0. The monoisotopic (exact) mass is 489 g/mol. The molecule has 1 atom stereocenters. The van der Waals surface area contributed by atoms with Gasteiger partial charge in [-0.15, -0.1) is 24.0 Å². The summed E-state index contributed by atoms with van der Waals surface area (Å²) in [5.41, 5.74) is 0.708. The molecule has 3 rings (SSSR count). The summed E-state index contributed by atoms with van der Waals surface area (Å²) in [7, 11) is 2.20. The van der Waals surface area contributed by atoms with Crippen LogP contribution in [0.3, 0.4) is 0 Å². The average molecular weight is 489 g/mol. The number of para-hydroxylation sites is 1. The summed E-state index contributed by atoms with van der Waals surface area (Å²) in [5.74, 6) is 1.53. The molecule has 0 radical (unpaired) electrons. The maximum Gasteiger partial charge on any atom is 0.194 e. The van der Waals surface area contributed by atoms with Gasteiger partial charge < -0.3 is 20.0 Å². The lowest BCUT2D eigenvalue weighted by molar-refractivity contribution is 0.214. The molecule has 27 heavy (non-hydrogen) atoms. The van der Waals surface area contributed by atoms with Crippen molar-refractivity contribution in [3.8, 4) is 0 Å². The Morgan fingerprint density at radius 1 is 1.19 bits per heavy atom.